The lowest BCUT2D eigenvalue weighted by Crippen LogP contribution is -2.32. The highest BCUT2D eigenvalue weighted by Gasteiger charge is 2.14. The number of ether oxygens (including phenoxy) is 1. The van der Waals surface area contributed by atoms with Crippen LogP contribution in [0.4, 0.5) is 5.69 Å². The van der Waals surface area contributed by atoms with Crippen molar-refractivity contribution < 1.29 is 14.5 Å². The maximum absolute atomic E-state index is 12.1. The van der Waals surface area contributed by atoms with E-state index in [9.17, 15) is 14.9 Å². The average Bonchev–Trinajstić information content (AvgIpc) is 2.58. The van der Waals surface area contributed by atoms with Gasteiger partial charge in [-0.2, -0.15) is 0 Å². The van der Waals surface area contributed by atoms with Crippen LogP contribution in [0.2, 0.25) is 5.02 Å². The predicted octanol–water partition coefficient (Wildman–Crippen LogP) is 4.20. The van der Waals surface area contributed by atoms with Crippen molar-refractivity contribution in [2.75, 3.05) is 6.61 Å². The molecule has 0 aromatic heterocycles. The van der Waals surface area contributed by atoms with E-state index in [0.29, 0.717) is 16.3 Å². The topological polar surface area (TPSA) is 81.5 Å². The minimum absolute atomic E-state index is 0.0191. The molecule has 25 heavy (non-hydrogen) atoms. The molecule has 6 nitrogen and oxygen atoms in total. The molecule has 1 N–H and O–H groups in total. The van der Waals surface area contributed by atoms with Crippen LogP contribution in [0.5, 0.6) is 5.75 Å². The number of rotatable bonds is 7. The molecule has 132 valence electrons. The van der Waals surface area contributed by atoms with Gasteiger partial charge in [-0.3, -0.25) is 14.9 Å². The third-order valence-corrected chi connectivity index (χ3v) is 4.00. The van der Waals surface area contributed by atoms with E-state index >= 15 is 0 Å². The number of nitro benzene ring substituents is 1. The standard InChI is InChI=1S/C18H19ClN2O4/c1-3-16(13-4-6-14(19)7-5-13)20-18(22)11-25-15-8-9-17(21(23)24)12(2)10-15/h4-10,16H,3,11H2,1-2H3,(H,20,22). The van der Waals surface area contributed by atoms with Gasteiger partial charge in [-0.25, -0.2) is 0 Å². The Kier molecular flexibility index (Phi) is 6.36. The Morgan fingerprint density at radius 2 is 1.96 bits per heavy atom. The highest BCUT2D eigenvalue weighted by Crippen LogP contribution is 2.23. The van der Waals surface area contributed by atoms with Crippen molar-refractivity contribution in [2.24, 2.45) is 0 Å². The molecule has 0 saturated carbocycles. The summed E-state index contributed by atoms with van der Waals surface area (Å²) in [6.45, 7) is 3.43. The second-order valence-corrected chi connectivity index (χ2v) is 6.01. The van der Waals surface area contributed by atoms with E-state index in [2.05, 4.69) is 5.32 Å². The molecule has 2 rings (SSSR count). The van der Waals surface area contributed by atoms with Crippen LogP contribution >= 0.6 is 11.6 Å². The van der Waals surface area contributed by atoms with Gasteiger partial charge in [0.25, 0.3) is 11.6 Å². The Morgan fingerprint density at radius 1 is 1.28 bits per heavy atom. The molecule has 1 atom stereocenters. The lowest BCUT2D eigenvalue weighted by molar-refractivity contribution is -0.385. The van der Waals surface area contributed by atoms with Gasteiger partial charge in [0.1, 0.15) is 5.75 Å². The summed E-state index contributed by atoms with van der Waals surface area (Å²) >= 11 is 5.88. The molecule has 0 aliphatic heterocycles. The number of carbonyl (C=O) groups is 1. The predicted molar refractivity (Wildman–Crippen MR) is 96.0 cm³/mol. The van der Waals surface area contributed by atoms with Crippen molar-refractivity contribution in [1.82, 2.24) is 5.32 Å². The fourth-order valence-corrected chi connectivity index (χ4v) is 2.55. The second kappa shape index (κ2) is 8.48. The number of carbonyl (C=O) groups excluding carboxylic acids is 1. The first-order valence-electron chi connectivity index (χ1n) is 7.83. The summed E-state index contributed by atoms with van der Waals surface area (Å²) in [7, 11) is 0. The Labute approximate surface area is 150 Å². The number of nitro groups is 1. The normalized spacial score (nSPS) is 11.6. The quantitative estimate of drug-likeness (QED) is 0.591. The van der Waals surface area contributed by atoms with Gasteiger partial charge in [-0.15, -0.1) is 0 Å². The van der Waals surface area contributed by atoms with E-state index in [1.54, 1.807) is 25.1 Å². The first-order valence-corrected chi connectivity index (χ1v) is 8.21. The lowest BCUT2D eigenvalue weighted by Gasteiger charge is -2.18. The minimum Gasteiger partial charge on any atom is -0.484 e. The summed E-state index contributed by atoms with van der Waals surface area (Å²) in [6, 6.07) is 11.6. The zero-order valence-corrected chi connectivity index (χ0v) is 14.7. The molecule has 7 heteroatoms. The van der Waals surface area contributed by atoms with Gasteiger partial charge in [0.05, 0.1) is 11.0 Å². The number of nitrogens with zero attached hydrogens (tertiary/aromatic N) is 1. The van der Waals surface area contributed by atoms with Gasteiger partial charge in [0, 0.05) is 16.7 Å². The first-order chi connectivity index (χ1) is 11.9. The highest BCUT2D eigenvalue weighted by molar-refractivity contribution is 6.30. The zero-order chi connectivity index (χ0) is 18.4. The van der Waals surface area contributed by atoms with Crippen LogP contribution < -0.4 is 10.1 Å². The molecule has 0 fully saturated rings. The monoisotopic (exact) mass is 362 g/mol. The molecule has 0 aliphatic carbocycles. The Hall–Kier alpha value is -2.60. The van der Waals surface area contributed by atoms with Gasteiger partial charge < -0.3 is 10.1 Å². The SMILES string of the molecule is CCC(NC(=O)COc1ccc([N+](=O)[O-])c(C)c1)c1ccc(Cl)cc1. The number of nitrogens with one attached hydrogen (secondary N) is 1. The van der Waals surface area contributed by atoms with E-state index < -0.39 is 4.92 Å². The molecular weight excluding hydrogens is 344 g/mol. The molecular formula is C18H19ClN2O4. The number of hydrogen-bond donors (Lipinski definition) is 1. The largest absolute Gasteiger partial charge is 0.484 e. The van der Waals surface area contributed by atoms with E-state index in [1.807, 2.05) is 19.1 Å². The molecule has 1 unspecified atom stereocenters. The molecule has 0 spiro atoms. The zero-order valence-electron chi connectivity index (χ0n) is 14.0. The Bertz CT molecular complexity index is 762. The highest BCUT2D eigenvalue weighted by atomic mass is 35.5. The van der Waals surface area contributed by atoms with E-state index in [1.165, 1.54) is 12.1 Å². The number of halogens is 1. The van der Waals surface area contributed by atoms with Crippen LogP contribution in [0.25, 0.3) is 0 Å². The van der Waals surface area contributed by atoms with Gasteiger partial charge in [-0.1, -0.05) is 30.7 Å². The average molecular weight is 363 g/mol. The fourth-order valence-electron chi connectivity index (χ4n) is 2.42. The Balaban J connectivity index is 1.94. The van der Waals surface area contributed by atoms with Gasteiger partial charge in [0.15, 0.2) is 6.61 Å². The third kappa shape index (κ3) is 5.19. The molecule has 0 radical (unpaired) electrons. The maximum atomic E-state index is 12.1. The summed E-state index contributed by atoms with van der Waals surface area (Å²) in [5.41, 5.74) is 1.47. The van der Waals surface area contributed by atoms with E-state index in [4.69, 9.17) is 16.3 Å². The fraction of sp³-hybridized carbons (Fsp3) is 0.278. The second-order valence-electron chi connectivity index (χ2n) is 5.57. The van der Waals surface area contributed by atoms with Gasteiger partial charge in [-0.05, 0) is 43.2 Å². The summed E-state index contributed by atoms with van der Waals surface area (Å²) in [5.74, 6) is 0.149. The van der Waals surface area contributed by atoms with Crippen molar-refractivity contribution >= 4 is 23.2 Å². The summed E-state index contributed by atoms with van der Waals surface area (Å²) in [5, 5.41) is 14.3. The molecule has 0 bridgehead atoms. The first kappa shape index (κ1) is 18.7. The molecule has 0 heterocycles. The van der Waals surface area contributed by atoms with Crippen molar-refractivity contribution in [3.8, 4) is 5.75 Å². The van der Waals surface area contributed by atoms with E-state index in [-0.39, 0.29) is 24.2 Å². The van der Waals surface area contributed by atoms with E-state index in [0.717, 1.165) is 12.0 Å². The van der Waals surface area contributed by atoms with Crippen LogP contribution in [0.15, 0.2) is 42.5 Å². The summed E-state index contributed by atoms with van der Waals surface area (Å²) < 4.78 is 5.43. The van der Waals surface area contributed by atoms with Gasteiger partial charge in [0.2, 0.25) is 0 Å². The molecule has 2 aromatic carbocycles. The molecule has 0 saturated heterocycles. The van der Waals surface area contributed by atoms with Crippen LogP contribution in [0, 0.1) is 17.0 Å². The third-order valence-electron chi connectivity index (χ3n) is 3.75. The number of benzene rings is 2. The van der Waals surface area contributed by atoms with Gasteiger partial charge >= 0.3 is 0 Å². The smallest absolute Gasteiger partial charge is 0.272 e. The maximum Gasteiger partial charge on any atom is 0.272 e. The minimum atomic E-state index is -0.455. The van der Waals surface area contributed by atoms with Crippen LogP contribution in [0.3, 0.4) is 0 Å². The van der Waals surface area contributed by atoms with Crippen LogP contribution in [0.1, 0.15) is 30.5 Å². The number of hydrogen-bond acceptors (Lipinski definition) is 4. The lowest BCUT2D eigenvalue weighted by atomic mass is 10.0. The number of aryl methyl sites for hydroxylation is 1. The summed E-state index contributed by atoms with van der Waals surface area (Å²) in [6.07, 6.45) is 0.726. The van der Waals surface area contributed by atoms with Crippen molar-refractivity contribution in [1.29, 1.82) is 0 Å². The molecule has 1 amide bonds. The Morgan fingerprint density at radius 3 is 2.52 bits per heavy atom. The van der Waals surface area contributed by atoms with Crippen LogP contribution in [-0.2, 0) is 4.79 Å². The van der Waals surface area contributed by atoms with Crippen LogP contribution in [-0.4, -0.2) is 17.4 Å². The number of amides is 1. The molecule has 0 aliphatic rings. The van der Waals surface area contributed by atoms with Crippen molar-refractivity contribution in [2.45, 2.75) is 26.3 Å². The van der Waals surface area contributed by atoms with Crippen molar-refractivity contribution in [3.63, 3.8) is 0 Å². The summed E-state index contributed by atoms with van der Waals surface area (Å²) in [4.78, 5) is 22.5. The van der Waals surface area contributed by atoms with Crippen molar-refractivity contribution in [3.05, 3.63) is 68.7 Å². The molecule has 2 aromatic rings.